The maximum absolute atomic E-state index is 12.5. The summed E-state index contributed by atoms with van der Waals surface area (Å²) in [4.78, 5) is 31.3. The van der Waals surface area contributed by atoms with E-state index in [9.17, 15) is 9.59 Å². The maximum atomic E-state index is 12.5. The average molecular weight is 336 g/mol. The summed E-state index contributed by atoms with van der Waals surface area (Å²) in [7, 11) is 4.00. The highest BCUT2D eigenvalue weighted by Gasteiger charge is 2.14. The number of hydrogen-bond acceptors (Lipinski definition) is 4. The Bertz CT molecular complexity index is 975. The van der Waals surface area contributed by atoms with Gasteiger partial charge in [0.25, 0.3) is 11.5 Å². The van der Waals surface area contributed by atoms with Crippen molar-refractivity contribution in [3.05, 3.63) is 75.8 Å². The van der Waals surface area contributed by atoms with Crippen LogP contribution in [0.1, 0.15) is 21.5 Å². The van der Waals surface area contributed by atoms with Crippen LogP contribution in [0.3, 0.4) is 0 Å². The van der Waals surface area contributed by atoms with E-state index in [4.69, 9.17) is 0 Å². The summed E-state index contributed by atoms with van der Waals surface area (Å²) < 4.78 is 1.39. The first-order valence-corrected chi connectivity index (χ1v) is 7.98. The molecule has 0 atom stereocenters. The average Bonchev–Trinajstić information content (AvgIpc) is 2.57. The molecule has 0 saturated heterocycles. The van der Waals surface area contributed by atoms with Crippen LogP contribution in [0.4, 0.5) is 5.69 Å². The number of carbonyl (C=O) groups is 1. The molecule has 0 bridgehead atoms. The van der Waals surface area contributed by atoms with Gasteiger partial charge in [0.1, 0.15) is 11.2 Å². The van der Waals surface area contributed by atoms with Crippen LogP contribution in [0.2, 0.25) is 0 Å². The lowest BCUT2D eigenvalue weighted by molar-refractivity contribution is 0.102. The first-order chi connectivity index (χ1) is 12.0. The van der Waals surface area contributed by atoms with Crippen molar-refractivity contribution in [1.82, 2.24) is 14.3 Å². The predicted molar refractivity (Wildman–Crippen MR) is 98.0 cm³/mol. The summed E-state index contributed by atoms with van der Waals surface area (Å²) >= 11 is 0. The van der Waals surface area contributed by atoms with Crippen LogP contribution < -0.4 is 10.9 Å². The molecule has 2 aromatic heterocycles. The van der Waals surface area contributed by atoms with Crippen molar-refractivity contribution in [1.29, 1.82) is 0 Å². The van der Waals surface area contributed by atoms with Gasteiger partial charge in [-0.25, -0.2) is 4.98 Å². The fraction of sp³-hybridized carbons (Fsp3) is 0.211. The SMILES string of the molecule is Cc1cccn2c(=O)c(C(=O)Nc3ccc(CN(C)C)cc3)cnc12. The Morgan fingerprint density at radius 1 is 1.20 bits per heavy atom. The van der Waals surface area contributed by atoms with Gasteiger partial charge in [-0.15, -0.1) is 0 Å². The topological polar surface area (TPSA) is 66.7 Å². The van der Waals surface area contributed by atoms with Crippen molar-refractivity contribution in [2.75, 3.05) is 19.4 Å². The molecule has 6 nitrogen and oxygen atoms in total. The number of rotatable bonds is 4. The zero-order valence-electron chi connectivity index (χ0n) is 14.5. The van der Waals surface area contributed by atoms with Crippen LogP contribution in [0, 0.1) is 6.92 Å². The van der Waals surface area contributed by atoms with Gasteiger partial charge in [0.2, 0.25) is 0 Å². The van der Waals surface area contributed by atoms with E-state index in [-0.39, 0.29) is 11.1 Å². The van der Waals surface area contributed by atoms with Crippen molar-refractivity contribution in [3.63, 3.8) is 0 Å². The number of nitrogens with one attached hydrogen (secondary N) is 1. The number of pyridine rings is 1. The smallest absolute Gasteiger partial charge is 0.270 e. The molecule has 0 radical (unpaired) electrons. The van der Waals surface area contributed by atoms with Crippen LogP contribution in [0.5, 0.6) is 0 Å². The molecular formula is C19H20N4O2. The second-order valence-electron chi connectivity index (χ2n) is 6.25. The Kier molecular flexibility index (Phi) is 4.63. The molecule has 128 valence electrons. The molecule has 1 amide bonds. The lowest BCUT2D eigenvalue weighted by Crippen LogP contribution is -2.26. The Morgan fingerprint density at radius 3 is 2.60 bits per heavy atom. The highest BCUT2D eigenvalue weighted by atomic mass is 16.2. The van der Waals surface area contributed by atoms with Crippen molar-refractivity contribution in [2.24, 2.45) is 0 Å². The quantitative estimate of drug-likeness (QED) is 0.794. The van der Waals surface area contributed by atoms with E-state index < -0.39 is 5.91 Å². The molecule has 0 spiro atoms. The van der Waals surface area contributed by atoms with Crippen molar-refractivity contribution in [2.45, 2.75) is 13.5 Å². The fourth-order valence-electron chi connectivity index (χ4n) is 2.66. The van der Waals surface area contributed by atoms with E-state index in [2.05, 4.69) is 15.2 Å². The lowest BCUT2D eigenvalue weighted by Gasteiger charge is -2.11. The molecule has 3 aromatic rings. The fourth-order valence-corrected chi connectivity index (χ4v) is 2.66. The van der Waals surface area contributed by atoms with Gasteiger partial charge in [-0.1, -0.05) is 18.2 Å². The number of anilines is 1. The molecular weight excluding hydrogens is 316 g/mol. The van der Waals surface area contributed by atoms with E-state index in [1.54, 1.807) is 12.3 Å². The number of carbonyl (C=O) groups excluding carboxylic acids is 1. The number of hydrogen-bond donors (Lipinski definition) is 1. The Morgan fingerprint density at radius 2 is 1.92 bits per heavy atom. The number of fused-ring (bicyclic) bond motifs is 1. The summed E-state index contributed by atoms with van der Waals surface area (Å²) in [5, 5.41) is 2.75. The summed E-state index contributed by atoms with van der Waals surface area (Å²) in [6.45, 7) is 2.69. The second-order valence-corrected chi connectivity index (χ2v) is 6.25. The number of amides is 1. The molecule has 0 unspecified atom stereocenters. The number of aryl methyl sites for hydroxylation is 1. The van der Waals surface area contributed by atoms with E-state index in [0.29, 0.717) is 11.3 Å². The second kappa shape index (κ2) is 6.86. The summed E-state index contributed by atoms with van der Waals surface area (Å²) in [5.41, 5.74) is 2.85. The van der Waals surface area contributed by atoms with E-state index >= 15 is 0 Å². The number of aromatic nitrogens is 2. The highest BCUT2D eigenvalue weighted by Crippen LogP contribution is 2.12. The third kappa shape index (κ3) is 3.59. The zero-order chi connectivity index (χ0) is 18.0. The third-order valence-corrected chi connectivity index (χ3v) is 3.88. The molecule has 1 N–H and O–H groups in total. The van der Waals surface area contributed by atoms with E-state index in [1.165, 1.54) is 10.6 Å². The zero-order valence-corrected chi connectivity index (χ0v) is 14.5. The minimum atomic E-state index is -0.464. The standard InChI is InChI=1S/C19H20N4O2/c1-13-5-4-10-23-17(13)20-11-16(19(23)25)18(24)21-15-8-6-14(7-9-15)12-22(2)3/h4-11H,12H2,1-3H3,(H,21,24). The van der Waals surface area contributed by atoms with Crippen LogP contribution in [-0.4, -0.2) is 34.3 Å². The maximum Gasteiger partial charge on any atom is 0.270 e. The molecule has 2 heterocycles. The van der Waals surface area contributed by atoms with Gasteiger partial charge in [-0.3, -0.25) is 14.0 Å². The molecule has 25 heavy (non-hydrogen) atoms. The molecule has 0 aliphatic rings. The van der Waals surface area contributed by atoms with Gasteiger partial charge in [0, 0.05) is 24.6 Å². The number of benzene rings is 1. The lowest BCUT2D eigenvalue weighted by atomic mass is 10.2. The van der Waals surface area contributed by atoms with Crippen LogP contribution >= 0.6 is 0 Å². The van der Waals surface area contributed by atoms with E-state index in [1.807, 2.05) is 51.4 Å². The van der Waals surface area contributed by atoms with Gasteiger partial charge < -0.3 is 10.2 Å². The van der Waals surface area contributed by atoms with Gasteiger partial charge in [-0.05, 0) is 50.3 Å². The molecule has 0 saturated carbocycles. The van der Waals surface area contributed by atoms with Gasteiger partial charge in [0.05, 0.1) is 0 Å². The van der Waals surface area contributed by atoms with E-state index in [0.717, 1.165) is 17.7 Å². The van der Waals surface area contributed by atoms with Gasteiger partial charge in [-0.2, -0.15) is 0 Å². The van der Waals surface area contributed by atoms with Gasteiger partial charge in [0.15, 0.2) is 0 Å². The van der Waals surface area contributed by atoms with Crippen LogP contribution in [0.25, 0.3) is 5.65 Å². The van der Waals surface area contributed by atoms with Crippen molar-refractivity contribution < 1.29 is 4.79 Å². The first-order valence-electron chi connectivity index (χ1n) is 7.98. The minimum absolute atomic E-state index is 0.0143. The summed E-state index contributed by atoms with van der Waals surface area (Å²) in [6, 6.07) is 11.2. The van der Waals surface area contributed by atoms with Crippen LogP contribution in [0.15, 0.2) is 53.6 Å². The highest BCUT2D eigenvalue weighted by molar-refractivity contribution is 6.03. The summed E-state index contributed by atoms with van der Waals surface area (Å²) in [5.74, 6) is -0.464. The molecule has 3 rings (SSSR count). The van der Waals surface area contributed by atoms with Gasteiger partial charge >= 0.3 is 0 Å². The Balaban J connectivity index is 1.85. The van der Waals surface area contributed by atoms with Crippen molar-refractivity contribution in [3.8, 4) is 0 Å². The molecule has 0 aliphatic heterocycles. The Hall–Kier alpha value is -2.99. The monoisotopic (exact) mass is 336 g/mol. The third-order valence-electron chi connectivity index (χ3n) is 3.88. The predicted octanol–water partition coefficient (Wildman–Crippen LogP) is 2.32. The number of nitrogens with zero attached hydrogens (tertiary/aromatic N) is 3. The molecule has 1 aromatic carbocycles. The normalized spacial score (nSPS) is 11.0. The Labute approximate surface area is 145 Å². The molecule has 0 aliphatic carbocycles. The molecule has 6 heteroatoms. The van der Waals surface area contributed by atoms with Crippen molar-refractivity contribution >= 4 is 17.2 Å². The minimum Gasteiger partial charge on any atom is -0.322 e. The molecule has 0 fully saturated rings. The summed E-state index contributed by atoms with van der Waals surface area (Å²) in [6.07, 6.45) is 2.95. The van der Waals surface area contributed by atoms with Crippen LogP contribution in [-0.2, 0) is 6.54 Å². The first kappa shape index (κ1) is 16.9. The largest absolute Gasteiger partial charge is 0.322 e.